The van der Waals surface area contributed by atoms with Crippen LogP contribution in [0.1, 0.15) is 38.8 Å². The highest BCUT2D eigenvalue weighted by Gasteiger charge is 2.35. The number of phenolic OH excluding ortho intramolecular Hbond substituents is 1. The van der Waals surface area contributed by atoms with E-state index in [0.29, 0.717) is 6.42 Å². The van der Waals surface area contributed by atoms with E-state index in [9.17, 15) is 24.8 Å². The van der Waals surface area contributed by atoms with E-state index < -0.39 is 34.4 Å². The molecular weight excluding hydrogens is 358 g/mol. The van der Waals surface area contributed by atoms with Crippen LogP contribution in [0, 0.1) is 10.1 Å². The molecule has 1 aromatic rings. The number of carbonyl (C=O) groups is 2. The number of rotatable bonds is 6. The van der Waals surface area contributed by atoms with Gasteiger partial charge in [0.2, 0.25) is 5.75 Å². The predicted octanol–water partition coefficient (Wildman–Crippen LogP) is 2.28. The summed E-state index contributed by atoms with van der Waals surface area (Å²) in [6, 6.07) is 0.816. The van der Waals surface area contributed by atoms with Crippen LogP contribution >= 0.6 is 0 Å². The molecule has 2 amide bonds. The fraction of sp³-hybridized carbons (Fsp3) is 0.412. The number of esters is 1. The minimum absolute atomic E-state index is 0.108. The summed E-state index contributed by atoms with van der Waals surface area (Å²) in [5.41, 5.74) is -0.0326. The Morgan fingerprint density at radius 2 is 2.11 bits per heavy atom. The lowest BCUT2D eigenvalue weighted by molar-refractivity contribution is -0.386. The number of hydrogen-bond donors (Lipinski definition) is 3. The molecule has 10 heteroatoms. The average Bonchev–Trinajstić information content (AvgIpc) is 2.60. The van der Waals surface area contributed by atoms with Crippen LogP contribution in [-0.4, -0.2) is 35.2 Å². The van der Waals surface area contributed by atoms with Gasteiger partial charge < -0.3 is 25.2 Å². The van der Waals surface area contributed by atoms with Crippen LogP contribution in [-0.2, 0) is 9.53 Å². The number of nitrogens with zero attached hydrogens (tertiary/aromatic N) is 1. The molecule has 1 heterocycles. The Bertz CT molecular complexity index is 819. The third kappa shape index (κ3) is 4.10. The van der Waals surface area contributed by atoms with E-state index in [1.807, 2.05) is 6.92 Å². The summed E-state index contributed by atoms with van der Waals surface area (Å²) in [6.45, 7) is 5.11. The summed E-state index contributed by atoms with van der Waals surface area (Å²) < 4.78 is 10.3. The normalized spacial score (nSPS) is 17.6. The third-order valence-corrected chi connectivity index (χ3v) is 4.20. The van der Waals surface area contributed by atoms with Crippen molar-refractivity contribution >= 4 is 17.7 Å². The first kappa shape index (κ1) is 20.0. The number of benzene rings is 1. The number of nitro benzene ring substituents is 1. The molecule has 2 atom stereocenters. The Hall–Kier alpha value is -3.30. The van der Waals surface area contributed by atoms with Crippen LogP contribution in [0.5, 0.6) is 11.5 Å². The van der Waals surface area contributed by atoms with Crippen molar-refractivity contribution in [1.82, 2.24) is 10.6 Å². The quantitative estimate of drug-likeness (QED) is 0.391. The molecule has 0 radical (unpaired) electrons. The number of ether oxygens (including phenoxy) is 2. The molecule has 0 fully saturated rings. The lowest BCUT2D eigenvalue weighted by Crippen LogP contribution is -2.45. The van der Waals surface area contributed by atoms with Gasteiger partial charge in [-0.05, 0) is 31.9 Å². The SMILES string of the molecule is CC[C@@H](C)OC(=O)C1=C(C)NC(=O)N[C@@H]1c1cc(OC)c(O)c([N+](=O)[O-])c1. The van der Waals surface area contributed by atoms with E-state index in [1.165, 1.54) is 20.1 Å². The van der Waals surface area contributed by atoms with Gasteiger partial charge >= 0.3 is 17.7 Å². The fourth-order valence-corrected chi connectivity index (χ4v) is 2.62. The third-order valence-electron chi connectivity index (χ3n) is 4.20. The summed E-state index contributed by atoms with van der Waals surface area (Å²) in [6.07, 6.45) is 0.251. The highest BCUT2D eigenvalue weighted by molar-refractivity contribution is 5.95. The molecule has 0 bridgehead atoms. The van der Waals surface area contributed by atoms with Crippen molar-refractivity contribution in [3.63, 3.8) is 0 Å². The zero-order chi connectivity index (χ0) is 20.3. The van der Waals surface area contributed by atoms with Crippen LogP contribution in [0.2, 0.25) is 0 Å². The number of phenols is 1. The first-order valence-corrected chi connectivity index (χ1v) is 8.24. The summed E-state index contributed by atoms with van der Waals surface area (Å²) in [5.74, 6) is -1.45. The predicted molar refractivity (Wildman–Crippen MR) is 94.3 cm³/mol. The van der Waals surface area contributed by atoms with E-state index in [4.69, 9.17) is 9.47 Å². The Kier molecular flexibility index (Phi) is 5.88. The second-order valence-electron chi connectivity index (χ2n) is 6.04. The molecule has 1 aliphatic rings. The smallest absolute Gasteiger partial charge is 0.338 e. The van der Waals surface area contributed by atoms with Gasteiger partial charge in [0.1, 0.15) is 0 Å². The van der Waals surface area contributed by atoms with Gasteiger partial charge in [0, 0.05) is 11.8 Å². The van der Waals surface area contributed by atoms with Crippen molar-refractivity contribution in [2.24, 2.45) is 0 Å². The molecule has 0 saturated heterocycles. The first-order chi connectivity index (χ1) is 12.7. The molecule has 0 aliphatic carbocycles. The Morgan fingerprint density at radius 1 is 1.44 bits per heavy atom. The van der Waals surface area contributed by atoms with E-state index in [0.717, 1.165) is 6.07 Å². The molecule has 1 aliphatic heterocycles. The average molecular weight is 379 g/mol. The molecule has 0 saturated carbocycles. The van der Waals surface area contributed by atoms with Crippen molar-refractivity contribution in [2.45, 2.75) is 39.3 Å². The van der Waals surface area contributed by atoms with Crippen LogP contribution in [0.15, 0.2) is 23.4 Å². The van der Waals surface area contributed by atoms with Crippen LogP contribution < -0.4 is 15.4 Å². The van der Waals surface area contributed by atoms with Gasteiger partial charge in [-0.15, -0.1) is 0 Å². The van der Waals surface area contributed by atoms with Crippen LogP contribution in [0.25, 0.3) is 0 Å². The minimum Gasteiger partial charge on any atom is -0.500 e. The lowest BCUT2D eigenvalue weighted by atomic mass is 9.94. The van der Waals surface area contributed by atoms with E-state index >= 15 is 0 Å². The number of hydrogen-bond acceptors (Lipinski definition) is 7. The zero-order valence-corrected chi connectivity index (χ0v) is 15.4. The number of allylic oxidation sites excluding steroid dienone is 1. The minimum atomic E-state index is -1.01. The summed E-state index contributed by atoms with van der Waals surface area (Å²) >= 11 is 0. The molecular formula is C17H21N3O7. The van der Waals surface area contributed by atoms with Crippen molar-refractivity contribution in [3.8, 4) is 11.5 Å². The standard InChI is InChI=1S/C17H21N3O7/c1-5-8(2)27-16(22)13-9(3)18-17(23)19-14(13)10-6-11(20(24)25)15(21)12(7-10)26-4/h6-8,14,21H,5H2,1-4H3,(H2,18,19,23)/t8-,14-/m1/s1. The number of nitrogens with one attached hydrogen (secondary N) is 2. The molecule has 2 rings (SSSR count). The zero-order valence-electron chi connectivity index (χ0n) is 15.4. The van der Waals surface area contributed by atoms with Crippen LogP contribution in [0.3, 0.4) is 0 Å². The highest BCUT2D eigenvalue weighted by Crippen LogP contribution is 2.40. The van der Waals surface area contributed by atoms with Gasteiger partial charge in [-0.3, -0.25) is 10.1 Å². The number of urea groups is 1. The van der Waals surface area contributed by atoms with E-state index in [2.05, 4.69) is 10.6 Å². The van der Waals surface area contributed by atoms with E-state index in [-0.39, 0.29) is 28.7 Å². The monoisotopic (exact) mass is 379 g/mol. The summed E-state index contributed by atoms with van der Waals surface area (Å²) in [4.78, 5) is 35.0. The molecule has 0 unspecified atom stereocenters. The van der Waals surface area contributed by atoms with Crippen LogP contribution in [0.4, 0.5) is 10.5 Å². The van der Waals surface area contributed by atoms with Crippen molar-refractivity contribution in [3.05, 3.63) is 39.1 Å². The van der Waals surface area contributed by atoms with Crippen molar-refractivity contribution in [2.75, 3.05) is 7.11 Å². The van der Waals surface area contributed by atoms with Gasteiger partial charge in [0.25, 0.3) is 0 Å². The summed E-state index contributed by atoms with van der Waals surface area (Å²) in [7, 11) is 1.24. The van der Waals surface area contributed by atoms with Gasteiger partial charge in [0.15, 0.2) is 5.75 Å². The second kappa shape index (κ2) is 7.94. The number of amides is 2. The maximum absolute atomic E-state index is 12.6. The first-order valence-electron chi connectivity index (χ1n) is 8.24. The number of methoxy groups -OCH3 is 1. The Balaban J connectivity index is 2.58. The molecule has 27 heavy (non-hydrogen) atoms. The molecule has 0 aromatic heterocycles. The largest absolute Gasteiger partial charge is 0.500 e. The molecule has 1 aromatic carbocycles. The Morgan fingerprint density at radius 3 is 2.67 bits per heavy atom. The molecule has 3 N–H and O–H groups in total. The molecule has 146 valence electrons. The number of nitro groups is 1. The molecule has 10 nitrogen and oxygen atoms in total. The maximum atomic E-state index is 12.6. The second-order valence-corrected chi connectivity index (χ2v) is 6.04. The summed E-state index contributed by atoms with van der Waals surface area (Å²) in [5, 5.41) is 26.2. The van der Waals surface area contributed by atoms with E-state index in [1.54, 1.807) is 6.92 Å². The van der Waals surface area contributed by atoms with Gasteiger partial charge in [0.05, 0.1) is 29.8 Å². The fourth-order valence-electron chi connectivity index (χ4n) is 2.62. The van der Waals surface area contributed by atoms with Crippen molar-refractivity contribution < 1.29 is 29.1 Å². The number of carbonyl (C=O) groups excluding carboxylic acids is 2. The number of aromatic hydroxyl groups is 1. The topological polar surface area (TPSA) is 140 Å². The lowest BCUT2D eigenvalue weighted by Gasteiger charge is -2.29. The van der Waals surface area contributed by atoms with Crippen molar-refractivity contribution in [1.29, 1.82) is 0 Å². The van der Waals surface area contributed by atoms with Gasteiger partial charge in [-0.1, -0.05) is 6.92 Å². The molecule has 0 spiro atoms. The van der Waals surface area contributed by atoms with Gasteiger partial charge in [-0.2, -0.15) is 0 Å². The maximum Gasteiger partial charge on any atom is 0.338 e. The Labute approximate surface area is 155 Å². The van der Waals surface area contributed by atoms with Gasteiger partial charge in [-0.25, -0.2) is 9.59 Å². The highest BCUT2D eigenvalue weighted by atomic mass is 16.6.